The van der Waals surface area contributed by atoms with Gasteiger partial charge in [0.05, 0.1) is 28.1 Å². The van der Waals surface area contributed by atoms with Gasteiger partial charge in [0.25, 0.3) is 5.91 Å². The number of benzene rings is 2. The molecule has 2 aromatic heterocycles. The summed E-state index contributed by atoms with van der Waals surface area (Å²) in [7, 11) is 0. The van der Waals surface area contributed by atoms with Gasteiger partial charge in [0.15, 0.2) is 5.82 Å². The van der Waals surface area contributed by atoms with E-state index < -0.39 is 5.82 Å². The number of amides is 1. The van der Waals surface area contributed by atoms with Crippen LogP contribution in [0.5, 0.6) is 0 Å². The molecule has 4 rings (SSSR count). The molecule has 0 atom stereocenters. The normalized spacial score (nSPS) is 11.1. The Hall–Kier alpha value is -3.61. The van der Waals surface area contributed by atoms with Crippen LogP contribution in [0.2, 0.25) is 0 Å². The molecule has 0 radical (unpaired) electrons. The second-order valence-corrected chi connectivity index (χ2v) is 7.06. The molecule has 0 saturated carbocycles. The van der Waals surface area contributed by atoms with Crippen molar-refractivity contribution in [3.05, 3.63) is 76.6 Å². The van der Waals surface area contributed by atoms with E-state index >= 15 is 0 Å². The van der Waals surface area contributed by atoms with E-state index in [9.17, 15) is 9.18 Å². The van der Waals surface area contributed by atoms with Crippen LogP contribution in [-0.4, -0.2) is 25.7 Å². The molecule has 7 heteroatoms. The largest absolute Gasteiger partial charge is 0.322 e. The molecule has 1 N–H and O–H groups in total. The number of halogens is 1. The monoisotopic (exact) mass is 389 g/mol. The van der Waals surface area contributed by atoms with E-state index in [-0.39, 0.29) is 5.91 Å². The molecule has 0 bridgehead atoms. The number of nitrogens with one attached hydrogen (secondary N) is 1. The Morgan fingerprint density at radius 1 is 0.931 bits per heavy atom. The predicted octanol–water partition coefficient (Wildman–Crippen LogP) is 4.44. The molecule has 29 heavy (non-hydrogen) atoms. The van der Waals surface area contributed by atoms with Crippen LogP contribution in [0.15, 0.2) is 42.5 Å². The van der Waals surface area contributed by atoms with Gasteiger partial charge in [-0.15, -0.1) is 0 Å². The number of hydrogen-bond acceptors (Lipinski definition) is 4. The van der Waals surface area contributed by atoms with E-state index in [1.54, 1.807) is 35.0 Å². The summed E-state index contributed by atoms with van der Waals surface area (Å²) < 4.78 is 16.2. The van der Waals surface area contributed by atoms with Crippen molar-refractivity contribution >= 4 is 22.6 Å². The second kappa shape index (κ2) is 7.09. The van der Waals surface area contributed by atoms with Crippen LogP contribution in [0, 0.1) is 33.5 Å². The number of carbonyl (C=O) groups excluding carboxylic acids is 1. The summed E-state index contributed by atoms with van der Waals surface area (Å²) in [6.07, 6.45) is 0. The van der Waals surface area contributed by atoms with Gasteiger partial charge >= 0.3 is 0 Å². The Bertz CT molecular complexity index is 1260. The highest BCUT2D eigenvalue weighted by Crippen LogP contribution is 2.21. The highest BCUT2D eigenvalue weighted by atomic mass is 19.1. The lowest BCUT2D eigenvalue weighted by Gasteiger charge is -2.10. The number of fused-ring (bicyclic) bond motifs is 1. The Labute approximate surface area is 167 Å². The number of anilines is 1. The SMILES string of the molecule is Cc1cc(C)n(-c2ccc(NC(=O)c3ccc4nc(C)c(C)nc4c3)cc2F)n1. The van der Waals surface area contributed by atoms with Crippen LogP contribution in [0.1, 0.15) is 33.1 Å². The fourth-order valence-corrected chi connectivity index (χ4v) is 3.20. The minimum absolute atomic E-state index is 0.334. The molecular formula is C22H20FN5O. The summed E-state index contributed by atoms with van der Waals surface area (Å²) in [5.74, 6) is -0.810. The van der Waals surface area contributed by atoms with Crippen LogP contribution in [-0.2, 0) is 0 Å². The van der Waals surface area contributed by atoms with E-state index in [0.717, 1.165) is 28.3 Å². The van der Waals surface area contributed by atoms with Crippen molar-refractivity contribution in [3.63, 3.8) is 0 Å². The van der Waals surface area contributed by atoms with Crippen LogP contribution >= 0.6 is 0 Å². The van der Waals surface area contributed by atoms with E-state index in [1.165, 1.54) is 6.07 Å². The molecule has 0 aliphatic carbocycles. The zero-order chi connectivity index (χ0) is 20.7. The van der Waals surface area contributed by atoms with Gasteiger partial charge in [0.1, 0.15) is 5.69 Å². The molecule has 0 unspecified atom stereocenters. The summed E-state index contributed by atoms with van der Waals surface area (Å²) in [6, 6.07) is 11.5. The third-order valence-corrected chi connectivity index (χ3v) is 4.78. The smallest absolute Gasteiger partial charge is 0.255 e. The summed E-state index contributed by atoms with van der Waals surface area (Å²) in [4.78, 5) is 21.6. The van der Waals surface area contributed by atoms with E-state index in [1.807, 2.05) is 33.8 Å². The molecule has 2 heterocycles. The van der Waals surface area contributed by atoms with Crippen molar-refractivity contribution < 1.29 is 9.18 Å². The van der Waals surface area contributed by atoms with Crippen LogP contribution in [0.4, 0.5) is 10.1 Å². The zero-order valence-electron chi connectivity index (χ0n) is 16.6. The van der Waals surface area contributed by atoms with Crippen molar-refractivity contribution in [2.75, 3.05) is 5.32 Å². The summed E-state index contributed by atoms with van der Waals surface area (Å²) >= 11 is 0. The Kier molecular flexibility index (Phi) is 4.58. The summed E-state index contributed by atoms with van der Waals surface area (Å²) in [5, 5.41) is 7.03. The standard InChI is InChI=1S/C22H20FN5O/c1-12-9-13(2)28(27-12)21-8-6-17(11-18(21)23)26-22(29)16-5-7-19-20(10-16)25-15(4)14(3)24-19/h5-11H,1-4H3,(H,26,29). The van der Waals surface area contributed by atoms with Gasteiger partial charge in [-0.3, -0.25) is 4.79 Å². The maximum Gasteiger partial charge on any atom is 0.255 e. The Morgan fingerprint density at radius 3 is 2.31 bits per heavy atom. The molecule has 6 nitrogen and oxygen atoms in total. The number of carbonyl (C=O) groups is 1. The first-order chi connectivity index (χ1) is 13.8. The molecule has 2 aromatic carbocycles. The molecule has 146 valence electrons. The van der Waals surface area contributed by atoms with E-state index in [2.05, 4.69) is 20.4 Å². The van der Waals surface area contributed by atoms with Crippen molar-refractivity contribution in [1.82, 2.24) is 19.7 Å². The Morgan fingerprint density at radius 2 is 1.66 bits per heavy atom. The molecule has 0 fully saturated rings. The lowest BCUT2D eigenvalue weighted by atomic mass is 10.1. The molecule has 0 aliphatic heterocycles. The lowest BCUT2D eigenvalue weighted by Crippen LogP contribution is -2.13. The minimum atomic E-state index is -0.468. The first kappa shape index (κ1) is 18.7. The third kappa shape index (κ3) is 3.59. The van der Waals surface area contributed by atoms with E-state index in [4.69, 9.17) is 0 Å². The summed E-state index contributed by atoms with van der Waals surface area (Å²) in [5.41, 5.74) is 5.81. The van der Waals surface area contributed by atoms with Crippen LogP contribution in [0.3, 0.4) is 0 Å². The van der Waals surface area contributed by atoms with Gasteiger partial charge < -0.3 is 5.32 Å². The van der Waals surface area contributed by atoms with Gasteiger partial charge in [-0.25, -0.2) is 19.0 Å². The number of hydrogen-bond donors (Lipinski definition) is 1. The maximum atomic E-state index is 14.6. The fourth-order valence-electron chi connectivity index (χ4n) is 3.20. The quantitative estimate of drug-likeness (QED) is 0.562. The van der Waals surface area contributed by atoms with Crippen molar-refractivity contribution in [2.24, 2.45) is 0 Å². The van der Waals surface area contributed by atoms with Gasteiger partial charge in [-0.2, -0.15) is 5.10 Å². The first-order valence-electron chi connectivity index (χ1n) is 9.21. The Balaban J connectivity index is 1.60. The number of aryl methyl sites for hydroxylation is 4. The van der Waals surface area contributed by atoms with Crippen molar-refractivity contribution in [1.29, 1.82) is 0 Å². The van der Waals surface area contributed by atoms with Gasteiger partial charge in [0.2, 0.25) is 0 Å². The van der Waals surface area contributed by atoms with Gasteiger partial charge in [-0.1, -0.05) is 0 Å². The van der Waals surface area contributed by atoms with Crippen molar-refractivity contribution in [3.8, 4) is 5.69 Å². The number of aromatic nitrogens is 4. The highest BCUT2D eigenvalue weighted by molar-refractivity contribution is 6.05. The third-order valence-electron chi connectivity index (χ3n) is 4.78. The second-order valence-electron chi connectivity index (χ2n) is 7.06. The molecule has 0 saturated heterocycles. The molecule has 0 aliphatic rings. The zero-order valence-corrected chi connectivity index (χ0v) is 16.6. The first-order valence-corrected chi connectivity index (χ1v) is 9.21. The van der Waals surface area contributed by atoms with Crippen LogP contribution < -0.4 is 5.32 Å². The molecule has 1 amide bonds. The molecule has 4 aromatic rings. The maximum absolute atomic E-state index is 14.6. The molecule has 0 spiro atoms. The number of rotatable bonds is 3. The fraction of sp³-hybridized carbons (Fsp3) is 0.182. The van der Waals surface area contributed by atoms with Crippen molar-refractivity contribution in [2.45, 2.75) is 27.7 Å². The van der Waals surface area contributed by atoms with E-state index in [0.29, 0.717) is 22.5 Å². The molecular weight excluding hydrogens is 369 g/mol. The lowest BCUT2D eigenvalue weighted by molar-refractivity contribution is 0.102. The average Bonchev–Trinajstić information content (AvgIpc) is 3.00. The summed E-state index contributed by atoms with van der Waals surface area (Å²) in [6.45, 7) is 7.49. The minimum Gasteiger partial charge on any atom is -0.322 e. The predicted molar refractivity (Wildman–Crippen MR) is 110 cm³/mol. The topological polar surface area (TPSA) is 72.7 Å². The van der Waals surface area contributed by atoms with Gasteiger partial charge in [0, 0.05) is 16.9 Å². The highest BCUT2D eigenvalue weighted by Gasteiger charge is 2.13. The van der Waals surface area contributed by atoms with Crippen LogP contribution in [0.25, 0.3) is 16.7 Å². The number of nitrogens with zero attached hydrogens (tertiary/aromatic N) is 4. The van der Waals surface area contributed by atoms with Gasteiger partial charge in [-0.05, 0) is 70.2 Å². The average molecular weight is 389 g/mol.